The van der Waals surface area contributed by atoms with Crippen LogP contribution in [-0.2, 0) is 14.3 Å². The summed E-state index contributed by atoms with van der Waals surface area (Å²) in [5, 5.41) is 5.76. The van der Waals surface area contributed by atoms with Crippen LogP contribution in [0.3, 0.4) is 0 Å². The molecule has 160 valence electrons. The van der Waals surface area contributed by atoms with Gasteiger partial charge in [0.25, 0.3) is 0 Å². The Morgan fingerprint density at radius 2 is 1.90 bits per heavy atom. The van der Waals surface area contributed by atoms with E-state index >= 15 is 0 Å². The molecule has 0 bridgehead atoms. The normalized spacial score (nSPS) is 16.3. The molecule has 0 saturated carbocycles. The minimum Gasteiger partial charge on any atom is -0.450 e. The maximum Gasteiger partial charge on any atom is 0.407 e. The number of amides is 3. The third-order valence-electron chi connectivity index (χ3n) is 4.91. The molecule has 2 N–H and O–H groups in total. The zero-order valence-electron chi connectivity index (χ0n) is 17.6. The first-order chi connectivity index (χ1) is 13.9. The number of likely N-dealkylation sites (tertiary alicyclic amines) is 1. The number of carbonyl (C=O) groups excluding carboxylic acids is 3. The zero-order valence-corrected chi connectivity index (χ0v) is 17.6. The average molecular weight is 404 g/mol. The number of nitrogens with one attached hydrogen (secondary N) is 2. The number of carbonyl (C=O) groups is 3. The number of piperidine rings is 1. The van der Waals surface area contributed by atoms with Gasteiger partial charge in [-0.25, -0.2) is 4.79 Å². The molecule has 7 nitrogen and oxygen atoms in total. The van der Waals surface area contributed by atoms with Crippen molar-refractivity contribution in [3.05, 3.63) is 35.9 Å². The Kier molecular flexibility index (Phi) is 8.96. The summed E-state index contributed by atoms with van der Waals surface area (Å²) >= 11 is 0. The van der Waals surface area contributed by atoms with Crippen molar-refractivity contribution < 1.29 is 19.1 Å². The van der Waals surface area contributed by atoms with Crippen molar-refractivity contribution in [2.24, 2.45) is 5.92 Å². The minimum absolute atomic E-state index is 0.00336. The number of rotatable bonds is 9. The van der Waals surface area contributed by atoms with Gasteiger partial charge in [0, 0.05) is 25.6 Å². The van der Waals surface area contributed by atoms with Gasteiger partial charge in [0.15, 0.2) is 0 Å². The van der Waals surface area contributed by atoms with Crippen molar-refractivity contribution in [2.75, 3.05) is 19.7 Å². The van der Waals surface area contributed by atoms with Crippen molar-refractivity contribution in [3.63, 3.8) is 0 Å². The maximum absolute atomic E-state index is 13.1. The first kappa shape index (κ1) is 22.7. The summed E-state index contributed by atoms with van der Waals surface area (Å²) in [6, 6.07) is 8.46. The molecule has 1 heterocycles. The summed E-state index contributed by atoms with van der Waals surface area (Å²) in [6.07, 6.45) is 2.44. The predicted octanol–water partition coefficient (Wildman–Crippen LogP) is 3.02. The van der Waals surface area contributed by atoms with E-state index in [1.54, 1.807) is 11.8 Å². The Labute approximate surface area is 173 Å². The van der Waals surface area contributed by atoms with Crippen molar-refractivity contribution >= 4 is 17.9 Å². The van der Waals surface area contributed by atoms with Crippen LogP contribution < -0.4 is 10.6 Å². The second-order valence-corrected chi connectivity index (χ2v) is 7.79. The lowest BCUT2D eigenvalue weighted by Crippen LogP contribution is -2.49. The molecule has 2 atom stereocenters. The molecular formula is C22H33N3O4. The fraction of sp³-hybridized carbons (Fsp3) is 0.591. The molecule has 1 fully saturated rings. The number of benzene rings is 1. The van der Waals surface area contributed by atoms with Gasteiger partial charge >= 0.3 is 6.09 Å². The standard InChI is InChI=1S/C22H33N3O4/c1-4-29-22(28)24-18(14-16(2)3)15-23-21(27)20(17-10-6-5-7-11-17)25-13-9-8-12-19(25)26/h5-7,10-11,16,18,20H,4,8-9,12-15H2,1-3H3,(H,23,27)(H,24,28). The quantitative estimate of drug-likeness (QED) is 0.663. The van der Waals surface area contributed by atoms with Gasteiger partial charge in [-0.2, -0.15) is 0 Å². The van der Waals surface area contributed by atoms with E-state index in [-0.39, 0.29) is 24.4 Å². The number of nitrogens with zero attached hydrogens (tertiary/aromatic N) is 1. The summed E-state index contributed by atoms with van der Waals surface area (Å²) in [4.78, 5) is 39.1. The van der Waals surface area contributed by atoms with Crippen LogP contribution in [0, 0.1) is 5.92 Å². The second kappa shape index (κ2) is 11.4. The Hall–Kier alpha value is -2.57. The van der Waals surface area contributed by atoms with Gasteiger partial charge in [-0.05, 0) is 37.7 Å². The SMILES string of the molecule is CCOC(=O)NC(CNC(=O)C(c1ccccc1)N1CCCCC1=O)CC(C)C. The molecule has 7 heteroatoms. The van der Waals surface area contributed by atoms with E-state index in [1.165, 1.54) is 0 Å². The molecule has 29 heavy (non-hydrogen) atoms. The van der Waals surface area contributed by atoms with Crippen molar-refractivity contribution in [3.8, 4) is 0 Å². The molecule has 1 aromatic carbocycles. The molecule has 1 saturated heterocycles. The van der Waals surface area contributed by atoms with Gasteiger partial charge in [0.2, 0.25) is 11.8 Å². The highest BCUT2D eigenvalue weighted by molar-refractivity contribution is 5.89. The van der Waals surface area contributed by atoms with E-state index < -0.39 is 12.1 Å². The lowest BCUT2D eigenvalue weighted by molar-refractivity contribution is -0.142. The molecule has 0 aromatic heterocycles. The molecule has 0 aliphatic carbocycles. The van der Waals surface area contributed by atoms with Crippen LogP contribution in [0.1, 0.15) is 58.1 Å². The molecule has 1 aliphatic rings. The van der Waals surface area contributed by atoms with Crippen LogP contribution in [0.4, 0.5) is 4.79 Å². The van der Waals surface area contributed by atoms with Crippen LogP contribution in [0.5, 0.6) is 0 Å². The van der Waals surface area contributed by atoms with E-state index in [1.807, 2.05) is 30.3 Å². The third-order valence-corrected chi connectivity index (χ3v) is 4.91. The Morgan fingerprint density at radius 3 is 2.52 bits per heavy atom. The second-order valence-electron chi connectivity index (χ2n) is 7.79. The average Bonchev–Trinajstić information content (AvgIpc) is 2.68. The minimum atomic E-state index is -0.661. The molecule has 3 amide bonds. The smallest absolute Gasteiger partial charge is 0.407 e. The van der Waals surface area contributed by atoms with Crippen molar-refractivity contribution in [1.82, 2.24) is 15.5 Å². The van der Waals surface area contributed by atoms with E-state index in [2.05, 4.69) is 24.5 Å². The van der Waals surface area contributed by atoms with Crippen LogP contribution in [-0.4, -0.2) is 48.5 Å². The molecular weight excluding hydrogens is 370 g/mol. The van der Waals surface area contributed by atoms with Gasteiger partial charge in [-0.3, -0.25) is 9.59 Å². The van der Waals surface area contributed by atoms with Gasteiger partial charge < -0.3 is 20.3 Å². The fourth-order valence-electron chi connectivity index (χ4n) is 3.63. The molecule has 2 unspecified atom stereocenters. The fourth-order valence-corrected chi connectivity index (χ4v) is 3.63. The first-order valence-corrected chi connectivity index (χ1v) is 10.5. The van der Waals surface area contributed by atoms with Crippen LogP contribution in [0.15, 0.2) is 30.3 Å². The highest BCUT2D eigenvalue weighted by Crippen LogP contribution is 2.25. The summed E-state index contributed by atoms with van der Waals surface area (Å²) in [5.41, 5.74) is 0.791. The Balaban J connectivity index is 2.11. The van der Waals surface area contributed by atoms with Gasteiger partial charge in [-0.15, -0.1) is 0 Å². The molecule has 1 aliphatic heterocycles. The van der Waals surface area contributed by atoms with Crippen LogP contribution >= 0.6 is 0 Å². The third kappa shape index (κ3) is 7.07. The van der Waals surface area contributed by atoms with E-state index in [0.29, 0.717) is 31.9 Å². The highest BCUT2D eigenvalue weighted by Gasteiger charge is 2.32. The van der Waals surface area contributed by atoms with Crippen molar-refractivity contribution in [2.45, 2.75) is 58.5 Å². The largest absolute Gasteiger partial charge is 0.450 e. The number of ether oxygens (including phenoxy) is 1. The van der Waals surface area contributed by atoms with Gasteiger partial charge in [0.1, 0.15) is 6.04 Å². The highest BCUT2D eigenvalue weighted by atomic mass is 16.5. The van der Waals surface area contributed by atoms with E-state index in [9.17, 15) is 14.4 Å². The maximum atomic E-state index is 13.1. The topological polar surface area (TPSA) is 87.7 Å². The van der Waals surface area contributed by atoms with E-state index in [0.717, 1.165) is 18.4 Å². The lowest BCUT2D eigenvalue weighted by atomic mass is 10.00. The first-order valence-electron chi connectivity index (χ1n) is 10.5. The number of hydrogen-bond donors (Lipinski definition) is 2. The molecule has 0 radical (unpaired) electrons. The van der Waals surface area contributed by atoms with Crippen molar-refractivity contribution in [1.29, 1.82) is 0 Å². The predicted molar refractivity (Wildman–Crippen MR) is 111 cm³/mol. The summed E-state index contributed by atoms with van der Waals surface area (Å²) in [5.74, 6) is 0.113. The Morgan fingerprint density at radius 1 is 1.17 bits per heavy atom. The van der Waals surface area contributed by atoms with Gasteiger partial charge in [-0.1, -0.05) is 44.2 Å². The number of hydrogen-bond acceptors (Lipinski definition) is 4. The molecule has 2 rings (SSSR count). The zero-order chi connectivity index (χ0) is 21.2. The van der Waals surface area contributed by atoms with E-state index in [4.69, 9.17) is 4.74 Å². The summed E-state index contributed by atoms with van der Waals surface area (Å²) in [6.45, 7) is 7.00. The summed E-state index contributed by atoms with van der Waals surface area (Å²) in [7, 11) is 0. The number of alkyl carbamates (subject to hydrolysis) is 1. The lowest BCUT2D eigenvalue weighted by Gasteiger charge is -2.34. The Bertz CT molecular complexity index is 678. The van der Waals surface area contributed by atoms with Crippen LogP contribution in [0.2, 0.25) is 0 Å². The van der Waals surface area contributed by atoms with Gasteiger partial charge in [0.05, 0.1) is 6.61 Å². The molecule has 0 spiro atoms. The molecule has 1 aromatic rings. The summed E-state index contributed by atoms with van der Waals surface area (Å²) < 4.78 is 4.97. The monoisotopic (exact) mass is 403 g/mol. The van der Waals surface area contributed by atoms with Crippen LogP contribution in [0.25, 0.3) is 0 Å².